The zero-order chi connectivity index (χ0) is 13.3. The third kappa shape index (κ3) is 2.36. The van der Waals surface area contributed by atoms with Crippen LogP contribution in [0, 0.1) is 5.82 Å². The Labute approximate surface area is 118 Å². The van der Waals surface area contributed by atoms with Gasteiger partial charge in [0.05, 0.1) is 15.5 Å². The normalized spacial score (nSPS) is 13.1. The van der Waals surface area contributed by atoms with Gasteiger partial charge in [-0.3, -0.25) is 0 Å². The molecule has 0 saturated carbocycles. The number of imidazole rings is 1. The molecule has 98 valence electrons. The van der Waals surface area contributed by atoms with E-state index in [1.54, 1.807) is 17.8 Å². The molecule has 1 aromatic carbocycles. The molecule has 18 heavy (non-hydrogen) atoms. The fourth-order valence-corrected chi connectivity index (χ4v) is 3.16. The van der Waals surface area contributed by atoms with Crippen molar-refractivity contribution in [3.05, 3.63) is 22.4 Å². The van der Waals surface area contributed by atoms with Crippen LogP contribution in [0.5, 0.6) is 0 Å². The second-order valence-electron chi connectivity index (χ2n) is 4.11. The average Bonchev–Trinajstić information content (AvgIpc) is 2.63. The maximum atomic E-state index is 13.5. The maximum Gasteiger partial charge on any atom is 0.201 e. The summed E-state index contributed by atoms with van der Waals surface area (Å²) in [5.74, 6) is 1.09. The van der Waals surface area contributed by atoms with Gasteiger partial charge in [-0.05, 0) is 34.7 Å². The first-order valence-electron chi connectivity index (χ1n) is 5.69. The topological polar surface area (TPSA) is 43.8 Å². The Morgan fingerprint density at radius 3 is 2.89 bits per heavy atom. The second kappa shape index (κ2) is 5.48. The first-order valence-corrected chi connectivity index (χ1v) is 7.88. The van der Waals surface area contributed by atoms with E-state index in [4.69, 9.17) is 5.73 Å². The number of benzene rings is 1. The molecule has 1 heterocycles. The van der Waals surface area contributed by atoms with Crippen molar-refractivity contribution in [1.29, 1.82) is 0 Å². The van der Waals surface area contributed by atoms with Crippen LogP contribution in [0.25, 0.3) is 11.0 Å². The van der Waals surface area contributed by atoms with Crippen LogP contribution in [-0.2, 0) is 0 Å². The maximum absolute atomic E-state index is 13.5. The summed E-state index contributed by atoms with van der Waals surface area (Å²) in [5, 5.41) is 0. The van der Waals surface area contributed by atoms with E-state index < -0.39 is 0 Å². The number of aromatic nitrogens is 2. The molecule has 0 aliphatic rings. The predicted molar refractivity (Wildman–Crippen MR) is 79.5 cm³/mol. The lowest BCUT2D eigenvalue weighted by Crippen LogP contribution is -2.13. The number of rotatable bonds is 4. The molecule has 0 radical (unpaired) electrons. The van der Waals surface area contributed by atoms with E-state index in [0.29, 0.717) is 15.9 Å². The van der Waals surface area contributed by atoms with E-state index in [0.717, 1.165) is 17.7 Å². The van der Waals surface area contributed by atoms with Crippen LogP contribution in [0.1, 0.15) is 19.4 Å². The van der Waals surface area contributed by atoms with Crippen LogP contribution in [-0.4, -0.2) is 21.6 Å². The van der Waals surface area contributed by atoms with Crippen molar-refractivity contribution in [2.24, 2.45) is 0 Å². The van der Waals surface area contributed by atoms with Crippen LogP contribution < -0.4 is 5.73 Å². The third-order valence-corrected chi connectivity index (χ3v) is 4.28. The summed E-state index contributed by atoms with van der Waals surface area (Å²) in [6.45, 7) is 2.12. The zero-order valence-electron chi connectivity index (χ0n) is 10.3. The number of nitrogens with two attached hydrogens (primary N) is 1. The minimum atomic E-state index is -0.315. The highest BCUT2D eigenvalue weighted by Gasteiger charge is 2.17. The van der Waals surface area contributed by atoms with Gasteiger partial charge in [0, 0.05) is 17.9 Å². The van der Waals surface area contributed by atoms with E-state index in [1.165, 1.54) is 6.07 Å². The standard InChI is InChI=1S/C12H15BrFN3S/c1-3-7(6-18-2)17-11-4-8(13)9(14)5-10(11)16-12(17)15/h4-5,7H,3,6H2,1-2H3,(H2,15,16). The summed E-state index contributed by atoms with van der Waals surface area (Å²) in [6.07, 6.45) is 3.03. The van der Waals surface area contributed by atoms with Crippen molar-refractivity contribution in [3.63, 3.8) is 0 Å². The number of fused-ring (bicyclic) bond motifs is 1. The van der Waals surface area contributed by atoms with Crippen LogP contribution in [0.15, 0.2) is 16.6 Å². The van der Waals surface area contributed by atoms with E-state index in [-0.39, 0.29) is 11.9 Å². The minimum Gasteiger partial charge on any atom is -0.369 e. The molecule has 1 aromatic heterocycles. The molecule has 6 heteroatoms. The van der Waals surface area contributed by atoms with Gasteiger partial charge in [-0.25, -0.2) is 9.37 Å². The molecule has 2 aromatic rings. The summed E-state index contributed by atoms with van der Waals surface area (Å²) < 4.78 is 15.9. The first-order chi connectivity index (χ1) is 8.58. The van der Waals surface area contributed by atoms with E-state index in [1.807, 2.05) is 4.57 Å². The molecule has 3 nitrogen and oxygen atoms in total. The number of hydrogen-bond acceptors (Lipinski definition) is 3. The summed E-state index contributed by atoms with van der Waals surface area (Å²) in [6, 6.07) is 3.44. The highest BCUT2D eigenvalue weighted by Crippen LogP contribution is 2.30. The third-order valence-electron chi connectivity index (χ3n) is 2.95. The van der Waals surface area contributed by atoms with Crippen molar-refractivity contribution < 1.29 is 4.39 Å². The van der Waals surface area contributed by atoms with Gasteiger partial charge < -0.3 is 10.3 Å². The van der Waals surface area contributed by atoms with Crippen molar-refractivity contribution in [3.8, 4) is 0 Å². The van der Waals surface area contributed by atoms with E-state index in [2.05, 4.69) is 34.1 Å². The van der Waals surface area contributed by atoms with Gasteiger partial charge in [-0.15, -0.1) is 0 Å². The molecule has 0 aliphatic heterocycles. The van der Waals surface area contributed by atoms with Crippen molar-refractivity contribution >= 4 is 44.7 Å². The molecular formula is C12H15BrFN3S. The Hall–Kier alpha value is -0.750. The molecule has 0 fully saturated rings. The predicted octanol–water partition coefficient (Wildman–Crippen LogP) is 3.83. The van der Waals surface area contributed by atoms with Gasteiger partial charge >= 0.3 is 0 Å². The highest BCUT2D eigenvalue weighted by atomic mass is 79.9. The summed E-state index contributed by atoms with van der Waals surface area (Å²) in [5.41, 5.74) is 7.45. The quantitative estimate of drug-likeness (QED) is 0.925. The Bertz CT molecular complexity index is 570. The number of nitrogens with zero attached hydrogens (tertiary/aromatic N) is 2. The molecule has 2 N–H and O–H groups in total. The molecule has 0 bridgehead atoms. The van der Waals surface area contributed by atoms with Gasteiger partial charge in [0.2, 0.25) is 5.95 Å². The summed E-state index contributed by atoms with van der Waals surface area (Å²) in [7, 11) is 0. The molecule has 1 unspecified atom stereocenters. The van der Waals surface area contributed by atoms with E-state index >= 15 is 0 Å². The second-order valence-corrected chi connectivity index (χ2v) is 5.88. The van der Waals surface area contributed by atoms with Gasteiger partial charge in [-0.1, -0.05) is 6.92 Å². The lowest BCUT2D eigenvalue weighted by atomic mass is 10.2. The van der Waals surface area contributed by atoms with Crippen molar-refractivity contribution in [2.45, 2.75) is 19.4 Å². The van der Waals surface area contributed by atoms with Gasteiger partial charge in [0.15, 0.2) is 0 Å². The summed E-state index contributed by atoms with van der Waals surface area (Å²) in [4.78, 5) is 4.24. The van der Waals surface area contributed by atoms with Crippen molar-refractivity contribution in [2.75, 3.05) is 17.7 Å². The molecule has 0 saturated heterocycles. The molecule has 0 aliphatic carbocycles. The smallest absolute Gasteiger partial charge is 0.201 e. The Kier molecular flexibility index (Phi) is 4.17. The monoisotopic (exact) mass is 331 g/mol. The lowest BCUT2D eigenvalue weighted by Gasteiger charge is -2.18. The van der Waals surface area contributed by atoms with Crippen LogP contribution in [0.3, 0.4) is 0 Å². The fraction of sp³-hybridized carbons (Fsp3) is 0.417. The first kappa shape index (κ1) is 13.7. The Morgan fingerprint density at radius 2 is 2.28 bits per heavy atom. The van der Waals surface area contributed by atoms with Crippen molar-refractivity contribution in [1.82, 2.24) is 9.55 Å². The largest absolute Gasteiger partial charge is 0.369 e. The van der Waals surface area contributed by atoms with Gasteiger partial charge in [0.1, 0.15) is 5.82 Å². The SMILES string of the molecule is CCC(CSC)n1c(N)nc2cc(F)c(Br)cc21. The molecule has 2 rings (SSSR count). The number of anilines is 1. The number of halogens is 2. The van der Waals surface area contributed by atoms with Gasteiger partial charge in [-0.2, -0.15) is 11.8 Å². The Morgan fingerprint density at radius 1 is 1.56 bits per heavy atom. The number of nitrogen functional groups attached to an aromatic ring is 1. The molecule has 0 amide bonds. The number of hydrogen-bond donors (Lipinski definition) is 1. The van der Waals surface area contributed by atoms with Crippen LogP contribution in [0.2, 0.25) is 0 Å². The molecular weight excluding hydrogens is 317 g/mol. The highest BCUT2D eigenvalue weighted by molar-refractivity contribution is 9.10. The molecule has 1 atom stereocenters. The average molecular weight is 332 g/mol. The van der Waals surface area contributed by atoms with Crippen LogP contribution >= 0.6 is 27.7 Å². The van der Waals surface area contributed by atoms with Gasteiger partial charge in [0.25, 0.3) is 0 Å². The Balaban J connectivity index is 2.62. The fourth-order valence-electron chi connectivity index (χ4n) is 2.06. The minimum absolute atomic E-state index is 0.280. The van der Waals surface area contributed by atoms with E-state index in [9.17, 15) is 4.39 Å². The number of thioether (sulfide) groups is 1. The zero-order valence-corrected chi connectivity index (χ0v) is 12.7. The summed E-state index contributed by atoms with van der Waals surface area (Å²) >= 11 is 4.97. The van der Waals surface area contributed by atoms with Crippen LogP contribution in [0.4, 0.5) is 10.3 Å². The molecule has 0 spiro atoms. The lowest BCUT2D eigenvalue weighted by molar-refractivity contribution is 0.560.